The topological polar surface area (TPSA) is 68.0 Å². The third kappa shape index (κ3) is 3.17. The number of aryl methyl sites for hydroxylation is 1. The standard InChI is InChI=1S/C12H18ClN3O/c1-4-12(3,7-14)11(17)16-9-5-8(2)10(13)15-6-9/h5-6H,4,7,14H2,1-3H3,(H,16,17). The summed E-state index contributed by atoms with van der Waals surface area (Å²) < 4.78 is 0. The van der Waals surface area contributed by atoms with Gasteiger partial charge in [0.15, 0.2) is 0 Å². The summed E-state index contributed by atoms with van der Waals surface area (Å²) in [7, 11) is 0. The highest BCUT2D eigenvalue weighted by Crippen LogP contribution is 2.23. The van der Waals surface area contributed by atoms with Gasteiger partial charge in [-0.3, -0.25) is 4.79 Å². The minimum atomic E-state index is -0.548. The highest BCUT2D eigenvalue weighted by molar-refractivity contribution is 6.30. The molecule has 0 fully saturated rings. The number of nitrogens with zero attached hydrogens (tertiary/aromatic N) is 1. The minimum Gasteiger partial charge on any atom is -0.329 e. The Morgan fingerprint density at radius 2 is 2.29 bits per heavy atom. The van der Waals surface area contributed by atoms with Gasteiger partial charge in [0, 0.05) is 6.54 Å². The van der Waals surface area contributed by atoms with Crippen molar-refractivity contribution in [2.45, 2.75) is 27.2 Å². The van der Waals surface area contributed by atoms with Gasteiger partial charge in [-0.25, -0.2) is 4.98 Å². The lowest BCUT2D eigenvalue weighted by Crippen LogP contribution is -2.39. The van der Waals surface area contributed by atoms with E-state index in [1.54, 1.807) is 12.3 Å². The first-order valence-corrected chi connectivity index (χ1v) is 5.94. The molecule has 1 unspecified atom stereocenters. The van der Waals surface area contributed by atoms with Gasteiger partial charge in [0.05, 0.1) is 17.3 Å². The van der Waals surface area contributed by atoms with Gasteiger partial charge in [0.2, 0.25) is 5.91 Å². The molecule has 0 aliphatic rings. The second-order valence-corrected chi connectivity index (χ2v) is 4.76. The van der Waals surface area contributed by atoms with E-state index in [-0.39, 0.29) is 5.91 Å². The van der Waals surface area contributed by atoms with Gasteiger partial charge < -0.3 is 11.1 Å². The number of nitrogens with one attached hydrogen (secondary N) is 1. The molecule has 3 N–H and O–H groups in total. The molecule has 1 heterocycles. The number of hydrogen-bond donors (Lipinski definition) is 2. The van der Waals surface area contributed by atoms with Crippen molar-refractivity contribution in [2.75, 3.05) is 11.9 Å². The Morgan fingerprint density at radius 3 is 2.76 bits per heavy atom. The minimum absolute atomic E-state index is 0.0916. The molecular weight excluding hydrogens is 238 g/mol. The molecule has 0 aliphatic heterocycles. The van der Waals surface area contributed by atoms with Crippen LogP contribution in [-0.2, 0) is 4.79 Å². The number of hydrogen-bond acceptors (Lipinski definition) is 3. The Balaban J connectivity index is 2.84. The summed E-state index contributed by atoms with van der Waals surface area (Å²) in [6.45, 7) is 5.94. The molecule has 0 saturated carbocycles. The fraction of sp³-hybridized carbons (Fsp3) is 0.500. The van der Waals surface area contributed by atoms with Crippen molar-refractivity contribution in [3.8, 4) is 0 Å². The Morgan fingerprint density at radius 1 is 1.65 bits per heavy atom. The van der Waals surface area contributed by atoms with Gasteiger partial charge in [-0.05, 0) is 31.9 Å². The lowest BCUT2D eigenvalue weighted by atomic mass is 9.86. The average molecular weight is 256 g/mol. The van der Waals surface area contributed by atoms with Crippen molar-refractivity contribution in [3.63, 3.8) is 0 Å². The zero-order valence-corrected chi connectivity index (χ0v) is 11.1. The van der Waals surface area contributed by atoms with Crippen LogP contribution in [0.25, 0.3) is 0 Å². The Hall–Kier alpha value is -1.13. The molecule has 0 radical (unpaired) electrons. The summed E-state index contributed by atoms with van der Waals surface area (Å²) >= 11 is 5.82. The van der Waals surface area contributed by atoms with Crippen LogP contribution in [0, 0.1) is 12.3 Å². The number of aromatic nitrogens is 1. The molecular formula is C12H18ClN3O. The van der Waals surface area contributed by atoms with E-state index < -0.39 is 5.41 Å². The van der Waals surface area contributed by atoms with Crippen LogP contribution in [-0.4, -0.2) is 17.4 Å². The summed E-state index contributed by atoms with van der Waals surface area (Å²) in [5.41, 5.74) is 6.55. The van der Waals surface area contributed by atoms with Crippen LogP contribution < -0.4 is 11.1 Å². The van der Waals surface area contributed by atoms with Gasteiger partial charge in [-0.1, -0.05) is 18.5 Å². The zero-order valence-electron chi connectivity index (χ0n) is 10.4. The van der Waals surface area contributed by atoms with Crippen LogP contribution in [0.2, 0.25) is 5.15 Å². The first kappa shape index (κ1) is 13.9. The summed E-state index contributed by atoms with van der Waals surface area (Å²) in [5.74, 6) is -0.0916. The number of halogens is 1. The molecule has 94 valence electrons. The third-order valence-corrected chi connectivity index (χ3v) is 3.45. The number of rotatable bonds is 4. The van der Waals surface area contributed by atoms with E-state index in [9.17, 15) is 4.79 Å². The maximum atomic E-state index is 12.0. The van der Waals surface area contributed by atoms with Crippen molar-refractivity contribution >= 4 is 23.2 Å². The number of nitrogens with two attached hydrogens (primary N) is 1. The zero-order chi connectivity index (χ0) is 13.1. The predicted octanol–water partition coefficient (Wildman–Crippen LogP) is 2.36. The monoisotopic (exact) mass is 255 g/mol. The van der Waals surface area contributed by atoms with Gasteiger partial charge in [-0.2, -0.15) is 0 Å². The van der Waals surface area contributed by atoms with Crippen LogP contribution in [0.4, 0.5) is 5.69 Å². The average Bonchev–Trinajstić information content (AvgIpc) is 2.32. The Kier molecular flexibility index (Phi) is 4.48. The van der Waals surface area contributed by atoms with E-state index >= 15 is 0 Å². The molecule has 0 saturated heterocycles. The SMILES string of the molecule is CCC(C)(CN)C(=O)Nc1cnc(Cl)c(C)c1. The molecule has 5 heteroatoms. The quantitative estimate of drug-likeness (QED) is 0.812. The number of carbonyl (C=O) groups is 1. The van der Waals surface area contributed by atoms with Crippen molar-refractivity contribution in [1.82, 2.24) is 4.98 Å². The smallest absolute Gasteiger partial charge is 0.231 e. The van der Waals surface area contributed by atoms with Crippen molar-refractivity contribution in [3.05, 3.63) is 23.0 Å². The van der Waals surface area contributed by atoms with E-state index in [1.807, 2.05) is 20.8 Å². The molecule has 0 aromatic carbocycles. The van der Waals surface area contributed by atoms with E-state index in [4.69, 9.17) is 17.3 Å². The molecule has 17 heavy (non-hydrogen) atoms. The molecule has 1 amide bonds. The third-order valence-electron chi connectivity index (χ3n) is 3.05. The molecule has 0 aliphatic carbocycles. The van der Waals surface area contributed by atoms with E-state index in [2.05, 4.69) is 10.3 Å². The molecule has 4 nitrogen and oxygen atoms in total. The normalized spacial score (nSPS) is 14.2. The number of anilines is 1. The maximum Gasteiger partial charge on any atom is 0.231 e. The molecule has 1 aromatic heterocycles. The van der Waals surface area contributed by atoms with Crippen molar-refractivity contribution in [1.29, 1.82) is 0 Å². The highest BCUT2D eigenvalue weighted by atomic mass is 35.5. The number of carbonyl (C=O) groups excluding carboxylic acids is 1. The summed E-state index contributed by atoms with van der Waals surface area (Å²) in [5, 5.41) is 3.26. The van der Waals surface area contributed by atoms with Gasteiger partial charge >= 0.3 is 0 Å². The Bertz CT molecular complexity index is 416. The number of amides is 1. The highest BCUT2D eigenvalue weighted by Gasteiger charge is 2.29. The molecule has 1 aromatic rings. The van der Waals surface area contributed by atoms with E-state index in [1.165, 1.54) is 0 Å². The van der Waals surface area contributed by atoms with Crippen LogP contribution in [0.1, 0.15) is 25.8 Å². The van der Waals surface area contributed by atoms with Gasteiger partial charge in [0.1, 0.15) is 5.15 Å². The fourth-order valence-corrected chi connectivity index (χ4v) is 1.41. The second-order valence-electron chi connectivity index (χ2n) is 4.40. The first-order chi connectivity index (χ1) is 7.92. The lowest BCUT2D eigenvalue weighted by Gasteiger charge is -2.24. The van der Waals surface area contributed by atoms with Crippen molar-refractivity contribution in [2.24, 2.45) is 11.1 Å². The van der Waals surface area contributed by atoms with Crippen LogP contribution in [0.5, 0.6) is 0 Å². The van der Waals surface area contributed by atoms with E-state index in [0.29, 0.717) is 23.8 Å². The van der Waals surface area contributed by atoms with Crippen LogP contribution in [0.15, 0.2) is 12.3 Å². The van der Waals surface area contributed by atoms with Crippen LogP contribution >= 0.6 is 11.6 Å². The summed E-state index contributed by atoms with van der Waals surface area (Å²) in [6.07, 6.45) is 2.23. The maximum absolute atomic E-state index is 12.0. The number of pyridine rings is 1. The van der Waals surface area contributed by atoms with Gasteiger partial charge in [0.25, 0.3) is 0 Å². The molecule has 0 bridgehead atoms. The van der Waals surface area contributed by atoms with Crippen LogP contribution in [0.3, 0.4) is 0 Å². The molecule has 1 atom stereocenters. The molecule has 1 rings (SSSR count). The lowest BCUT2D eigenvalue weighted by molar-refractivity contribution is -0.124. The first-order valence-electron chi connectivity index (χ1n) is 5.56. The second kappa shape index (κ2) is 5.47. The predicted molar refractivity (Wildman–Crippen MR) is 70.1 cm³/mol. The van der Waals surface area contributed by atoms with Crippen molar-refractivity contribution < 1.29 is 4.79 Å². The molecule has 0 spiro atoms. The summed E-state index contributed by atoms with van der Waals surface area (Å²) in [6, 6.07) is 1.79. The van der Waals surface area contributed by atoms with E-state index in [0.717, 1.165) is 5.56 Å². The fourth-order valence-electron chi connectivity index (χ4n) is 1.31. The van der Waals surface area contributed by atoms with Gasteiger partial charge in [-0.15, -0.1) is 0 Å². The summed E-state index contributed by atoms with van der Waals surface area (Å²) in [4.78, 5) is 16.0. The Labute approximate surface area is 107 Å². The largest absolute Gasteiger partial charge is 0.329 e.